The summed E-state index contributed by atoms with van der Waals surface area (Å²) >= 11 is 0. The van der Waals surface area contributed by atoms with Gasteiger partial charge in [0.05, 0.1) is 6.10 Å². The number of carbonyl (C=O) groups excluding carboxylic acids is 1. The first-order valence-electron chi connectivity index (χ1n) is 12.3. The van der Waals surface area contributed by atoms with Crippen molar-refractivity contribution in [3.8, 4) is 5.75 Å². The van der Waals surface area contributed by atoms with Crippen LogP contribution in [0.3, 0.4) is 0 Å². The lowest BCUT2D eigenvalue weighted by Crippen LogP contribution is -2.53. The minimum Gasteiger partial charge on any atom is -0.490 e. The zero-order valence-corrected chi connectivity index (χ0v) is 20.4. The molecule has 2 aromatic carbocycles. The number of rotatable bonds is 6. The third-order valence-electron chi connectivity index (χ3n) is 7.16. The molecule has 1 aliphatic heterocycles. The number of anilines is 1. The average Bonchev–Trinajstić information content (AvgIpc) is 2.85. The lowest BCUT2D eigenvalue weighted by atomic mass is 9.86. The summed E-state index contributed by atoms with van der Waals surface area (Å²) in [6, 6.07) is 14.1. The van der Waals surface area contributed by atoms with Crippen LogP contribution in [0.4, 0.5) is 14.9 Å². The Morgan fingerprint density at radius 2 is 1.69 bits per heavy atom. The predicted octanol–water partition coefficient (Wildman–Crippen LogP) is 4.61. The highest BCUT2D eigenvalue weighted by Gasteiger charge is 2.30. The zero-order valence-electron chi connectivity index (χ0n) is 20.4. The van der Waals surface area contributed by atoms with E-state index < -0.39 is 6.09 Å². The maximum atomic E-state index is 13.1. The van der Waals surface area contributed by atoms with Crippen molar-refractivity contribution >= 4 is 17.7 Å². The lowest BCUT2D eigenvalue weighted by Gasteiger charge is -2.38. The molecule has 0 aromatic heterocycles. The number of carbonyl (C=O) groups is 2. The largest absolute Gasteiger partial charge is 0.490 e. The Balaban J connectivity index is 1.25. The van der Waals surface area contributed by atoms with Crippen molar-refractivity contribution in [3.63, 3.8) is 0 Å². The summed E-state index contributed by atoms with van der Waals surface area (Å²) in [5, 5.41) is 9.24. The van der Waals surface area contributed by atoms with E-state index >= 15 is 0 Å². The van der Waals surface area contributed by atoms with Crippen LogP contribution in [0.5, 0.6) is 5.75 Å². The topological polar surface area (TPSA) is 73.3 Å². The van der Waals surface area contributed by atoms with Crippen LogP contribution in [0.2, 0.25) is 0 Å². The van der Waals surface area contributed by atoms with Crippen LogP contribution in [0, 0.1) is 11.7 Å². The van der Waals surface area contributed by atoms with Crippen molar-refractivity contribution in [2.24, 2.45) is 5.92 Å². The van der Waals surface area contributed by atoms with E-state index in [2.05, 4.69) is 4.90 Å². The van der Waals surface area contributed by atoms with Gasteiger partial charge in [0.25, 0.3) is 0 Å². The Bertz CT molecular complexity index is 1010. The van der Waals surface area contributed by atoms with E-state index in [-0.39, 0.29) is 29.8 Å². The van der Waals surface area contributed by atoms with Gasteiger partial charge in [-0.3, -0.25) is 9.69 Å². The standard InChI is InChI=1S/C27H34FN3O4/c1-19-17-30(15-16-31(19)27(33)34)18-20-3-9-23(10-4-20)29(2)26(32)21-5-11-24(12-6-21)35-25-13-7-22(28)8-14-25/h3-4,7-10,13-14,19,21,24H,5-6,11-12,15-18H2,1-2H3,(H,33,34)/t19-,21-,24-/m0/s1. The number of benzene rings is 2. The second-order valence-corrected chi connectivity index (χ2v) is 9.67. The third kappa shape index (κ3) is 6.31. The normalized spacial score (nSPS) is 23.1. The van der Waals surface area contributed by atoms with Crippen LogP contribution >= 0.6 is 0 Å². The molecule has 1 saturated heterocycles. The molecule has 2 fully saturated rings. The van der Waals surface area contributed by atoms with Crippen molar-refractivity contribution < 1.29 is 23.8 Å². The van der Waals surface area contributed by atoms with Gasteiger partial charge in [0, 0.05) is 50.9 Å². The molecule has 2 amide bonds. The van der Waals surface area contributed by atoms with Crippen LogP contribution < -0.4 is 9.64 Å². The highest BCUT2D eigenvalue weighted by molar-refractivity contribution is 5.94. The van der Waals surface area contributed by atoms with E-state index in [4.69, 9.17) is 4.74 Å². The van der Waals surface area contributed by atoms with E-state index in [1.807, 2.05) is 38.2 Å². The third-order valence-corrected chi connectivity index (χ3v) is 7.16. The Morgan fingerprint density at radius 3 is 2.29 bits per heavy atom. The predicted molar refractivity (Wildman–Crippen MR) is 132 cm³/mol. The van der Waals surface area contributed by atoms with Crippen LogP contribution in [-0.4, -0.2) is 65.7 Å². The number of hydrogen-bond acceptors (Lipinski definition) is 4. The molecule has 35 heavy (non-hydrogen) atoms. The summed E-state index contributed by atoms with van der Waals surface area (Å²) in [6.45, 7) is 4.63. The molecule has 2 aliphatic rings. The molecule has 4 rings (SSSR count). The molecule has 1 atom stereocenters. The summed E-state index contributed by atoms with van der Waals surface area (Å²) < 4.78 is 19.0. The molecule has 1 N–H and O–H groups in total. The van der Waals surface area contributed by atoms with E-state index in [9.17, 15) is 19.1 Å². The maximum absolute atomic E-state index is 13.1. The van der Waals surface area contributed by atoms with Gasteiger partial charge in [0.15, 0.2) is 0 Å². The molecule has 2 aromatic rings. The van der Waals surface area contributed by atoms with Gasteiger partial charge in [-0.1, -0.05) is 12.1 Å². The van der Waals surface area contributed by atoms with E-state index in [0.29, 0.717) is 25.4 Å². The van der Waals surface area contributed by atoms with Crippen LogP contribution in [0.15, 0.2) is 48.5 Å². The average molecular weight is 484 g/mol. The van der Waals surface area contributed by atoms with Crippen molar-refractivity contribution in [1.82, 2.24) is 9.80 Å². The first-order valence-corrected chi connectivity index (χ1v) is 12.3. The highest BCUT2D eigenvalue weighted by Crippen LogP contribution is 2.30. The summed E-state index contributed by atoms with van der Waals surface area (Å²) in [6.07, 6.45) is 2.33. The molecule has 188 valence electrons. The molecule has 0 bridgehead atoms. The van der Waals surface area contributed by atoms with Crippen LogP contribution in [-0.2, 0) is 11.3 Å². The number of piperazine rings is 1. The lowest BCUT2D eigenvalue weighted by molar-refractivity contribution is -0.123. The fourth-order valence-corrected chi connectivity index (χ4v) is 5.08. The molecule has 1 heterocycles. The molecular formula is C27H34FN3O4. The van der Waals surface area contributed by atoms with Crippen molar-refractivity contribution in [2.75, 3.05) is 31.6 Å². The molecule has 0 radical (unpaired) electrons. The Hall–Kier alpha value is -3.13. The summed E-state index contributed by atoms with van der Waals surface area (Å²) in [5.41, 5.74) is 2.01. The van der Waals surface area contributed by atoms with Gasteiger partial charge in [-0.15, -0.1) is 0 Å². The van der Waals surface area contributed by atoms with Gasteiger partial charge in [0.2, 0.25) is 5.91 Å². The minimum absolute atomic E-state index is 0.0274. The molecule has 1 aliphatic carbocycles. The first-order chi connectivity index (χ1) is 16.8. The molecule has 1 saturated carbocycles. The summed E-state index contributed by atoms with van der Waals surface area (Å²) in [5.74, 6) is 0.476. The SMILES string of the molecule is C[C@H]1CN(Cc2ccc(N(C)C(=O)[C@H]3CC[C@H](Oc4ccc(F)cc4)CC3)cc2)CCN1C(=O)O. The number of halogens is 1. The Labute approximate surface area is 206 Å². The Morgan fingerprint density at radius 1 is 1.03 bits per heavy atom. The fourth-order valence-electron chi connectivity index (χ4n) is 5.08. The molecule has 0 unspecified atom stereocenters. The summed E-state index contributed by atoms with van der Waals surface area (Å²) in [7, 11) is 1.82. The van der Waals surface area contributed by atoms with Gasteiger partial charge < -0.3 is 19.6 Å². The molecule has 0 spiro atoms. The van der Waals surface area contributed by atoms with Crippen molar-refractivity contribution in [1.29, 1.82) is 0 Å². The first kappa shape index (κ1) is 25.0. The van der Waals surface area contributed by atoms with Gasteiger partial charge in [-0.25, -0.2) is 9.18 Å². The van der Waals surface area contributed by atoms with Gasteiger partial charge in [0.1, 0.15) is 11.6 Å². The van der Waals surface area contributed by atoms with Gasteiger partial charge >= 0.3 is 6.09 Å². The minimum atomic E-state index is -0.858. The number of carboxylic acid groups (broad SMARTS) is 1. The van der Waals surface area contributed by atoms with Crippen LogP contribution in [0.25, 0.3) is 0 Å². The van der Waals surface area contributed by atoms with Gasteiger partial charge in [-0.2, -0.15) is 0 Å². The number of hydrogen-bond donors (Lipinski definition) is 1. The molecular weight excluding hydrogens is 449 g/mol. The van der Waals surface area contributed by atoms with E-state index in [1.54, 1.807) is 17.0 Å². The second-order valence-electron chi connectivity index (χ2n) is 9.67. The fraction of sp³-hybridized carbons (Fsp3) is 0.481. The molecule has 8 heteroatoms. The summed E-state index contributed by atoms with van der Waals surface area (Å²) in [4.78, 5) is 29.9. The number of amides is 2. The maximum Gasteiger partial charge on any atom is 0.407 e. The monoisotopic (exact) mass is 483 g/mol. The molecule has 7 nitrogen and oxygen atoms in total. The van der Waals surface area contributed by atoms with Crippen molar-refractivity contribution in [3.05, 3.63) is 59.9 Å². The smallest absolute Gasteiger partial charge is 0.407 e. The van der Waals surface area contributed by atoms with Crippen LogP contribution in [0.1, 0.15) is 38.2 Å². The number of nitrogens with zero attached hydrogens (tertiary/aromatic N) is 3. The van der Waals surface area contributed by atoms with E-state index in [1.165, 1.54) is 17.0 Å². The number of ether oxygens (including phenoxy) is 1. The second kappa shape index (κ2) is 11.1. The zero-order chi connectivity index (χ0) is 24.9. The van der Waals surface area contributed by atoms with Gasteiger partial charge in [-0.05, 0) is 74.6 Å². The Kier molecular flexibility index (Phi) is 7.90. The van der Waals surface area contributed by atoms with E-state index in [0.717, 1.165) is 43.5 Å². The highest BCUT2D eigenvalue weighted by atomic mass is 19.1. The quantitative estimate of drug-likeness (QED) is 0.650. The van der Waals surface area contributed by atoms with Crippen molar-refractivity contribution in [2.45, 2.75) is 51.3 Å².